The Balaban J connectivity index is 4.17. The van der Waals surface area contributed by atoms with Gasteiger partial charge < -0.3 is 5.32 Å². The Morgan fingerprint density at radius 2 is 1.71 bits per heavy atom. The van der Waals surface area contributed by atoms with Gasteiger partial charge in [-0.3, -0.25) is 0 Å². The van der Waals surface area contributed by atoms with E-state index in [9.17, 15) is 8.42 Å². The molecule has 0 aliphatic carbocycles. The first kappa shape index (κ1) is 13.9. The Bertz CT molecular complexity index is 247. The molecule has 14 heavy (non-hydrogen) atoms. The average Bonchev–Trinajstić information content (AvgIpc) is 2.02. The maximum absolute atomic E-state index is 11.0. The minimum absolute atomic E-state index is 0.273. The van der Waals surface area contributed by atoms with E-state index in [-0.39, 0.29) is 5.75 Å². The van der Waals surface area contributed by atoms with Crippen LogP contribution in [0.15, 0.2) is 0 Å². The largest absolute Gasteiger partial charge is 0.317 e. The number of sulfone groups is 1. The van der Waals surface area contributed by atoms with E-state index in [1.807, 2.05) is 7.05 Å². The maximum atomic E-state index is 11.0. The molecule has 0 amide bonds. The van der Waals surface area contributed by atoms with Crippen molar-refractivity contribution in [3.8, 4) is 0 Å². The highest BCUT2D eigenvalue weighted by Gasteiger charge is 2.19. The van der Waals surface area contributed by atoms with Crippen molar-refractivity contribution in [3.63, 3.8) is 0 Å². The second-order valence-electron chi connectivity index (χ2n) is 4.42. The zero-order valence-corrected chi connectivity index (χ0v) is 10.7. The van der Waals surface area contributed by atoms with E-state index in [2.05, 4.69) is 26.1 Å². The molecule has 0 spiro atoms. The second-order valence-corrected chi connectivity index (χ2v) is 6.68. The third kappa shape index (κ3) is 5.60. The standard InChI is InChI=1S/C10H23NO2S/c1-8(2)9(3)10(11-4)6-7-14(5,12)13/h8-11H,6-7H2,1-5H3. The molecule has 2 unspecified atom stereocenters. The predicted octanol–water partition coefficient (Wildman–Crippen LogP) is 1.30. The summed E-state index contributed by atoms with van der Waals surface area (Å²) in [6, 6.07) is 0.296. The zero-order chi connectivity index (χ0) is 11.4. The van der Waals surface area contributed by atoms with Crippen molar-refractivity contribution < 1.29 is 8.42 Å². The van der Waals surface area contributed by atoms with Crippen molar-refractivity contribution in [2.45, 2.75) is 33.2 Å². The van der Waals surface area contributed by atoms with E-state index in [4.69, 9.17) is 0 Å². The van der Waals surface area contributed by atoms with Crippen molar-refractivity contribution in [2.24, 2.45) is 11.8 Å². The molecule has 3 nitrogen and oxygen atoms in total. The van der Waals surface area contributed by atoms with Gasteiger partial charge >= 0.3 is 0 Å². The Hall–Kier alpha value is -0.0900. The molecule has 0 saturated heterocycles. The number of rotatable bonds is 6. The van der Waals surface area contributed by atoms with Gasteiger partial charge in [0.1, 0.15) is 9.84 Å². The highest BCUT2D eigenvalue weighted by Crippen LogP contribution is 2.17. The van der Waals surface area contributed by atoms with Crippen LogP contribution in [0.3, 0.4) is 0 Å². The van der Waals surface area contributed by atoms with Gasteiger partial charge in [0, 0.05) is 12.3 Å². The minimum Gasteiger partial charge on any atom is -0.317 e. The summed E-state index contributed by atoms with van der Waals surface area (Å²) < 4.78 is 22.0. The predicted molar refractivity (Wildman–Crippen MR) is 61.2 cm³/mol. The van der Waals surface area contributed by atoms with Crippen LogP contribution in [-0.2, 0) is 9.84 Å². The molecule has 86 valence electrons. The van der Waals surface area contributed by atoms with Gasteiger partial charge in [0.25, 0.3) is 0 Å². The van der Waals surface area contributed by atoms with Crippen LogP contribution in [0.2, 0.25) is 0 Å². The zero-order valence-electron chi connectivity index (χ0n) is 9.87. The van der Waals surface area contributed by atoms with Crippen molar-refractivity contribution in [1.29, 1.82) is 0 Å². The fourth-order valence-electron chi connectivity index (χ4n) is 1.48. The smallest absolute Gasteiger partial charge is 0.147 e. The van der Waals surface area contributed by atoms with E-state index in [1.54, 1.807) is 0 Å². The molecule has 0 rings (SSSR count). The van der Waals surface area contributed by atoms with Crippen molar-refractivity contribution in [2.75, 3.05) is 19.1 Å². The molecule has 0 aliphatic rings. The molecule has 2 atom stereocenters. The Labute approximate surface area is 88.2 Å². The van der Waals surface area contributed by atoms with Crippen LogP contribution in [0.1, 0.15) is 27.2 Å². The van der Waals surface area contributed by atoms with E-state index in [0.717, 1.165) is 0 Å². The monoisotopic (exact) mass is 221 g/mol. The molecule has 0 fully saturated rings. The second kappa shape index (κ2) is 5.71. The van der Waals surface area contributed by atoms with E-state index >= 15 is 0 Å². The molecule has 0 saturated carbocycles. The highest BCUT2D eigenvalue weighted by atomic mass is 32.2. The molecular formula is C10H23NO2S. The molecule has 1 N–H and O–H groups in total. The summed E-state index contributed by atoms with van der Waals surface area (Å²) >= 11 is 0. The molecule has 0 bridgehead atoms. The number of nitrogens with one attached hydrogen (secondary N) is 1. The quantitative estimate of drug-likeness (QED) is 0.735. The first-order valence-electron chi connectivity index (χ1n) is 5.13. The third-order valence-corrected chi connectivity index (χ3v) is 3.83. The van der Waals surface area contributed by atoms with Gasteiger partial charge in [0.15, 0.2) is 0 Å². The summed E-state index contributed by atoms with van der Waals surface area (Å²) in [5.74, 6) is 1.35. The molecule has 0 aromatic heterocycles. The third-order valence-electron chi connectivity index (χ3n) is 2.86. The summed E-state index contributed by atoms with van der Waals surface area (Å²) in [6.07, 6.45) is 1.99. The molecule has 0 aromatic carbocycles. The van der Waals surface area contributed by atoms with E-state index in [0.29, 0.717) is 24.3 Å². The average molecular weight is 221 g/mol. The van der Waals surface area contributed by atoms with Gasteiger partial charge in [0.2, 0.25) is 0 Å². The van der Waals surface area contributed by atoms with Crippen molar-refractivity contribution >= 4 is 9.84 Å². The minimum atomic E-state index is -2.83. The van der Waals surface area contributed by atoms with Crippen LogP contribution in [0, 0.1) is 11.8 Å². The maximum Gasteiger partial charge on any atom is 0.147 e. The topological polar surface area (TPSA) is 46.2 Å². The molecule has 0 aliphatic heterocycles. The van der Waals surface area contributed by atoms with Gasteiger partial charge in [-0.05, 0) is 25.3 Å². The SMILES string of the molecule is CNC(CCS(C)(=O)=O)C(C)C(C)C. The summed E-state index contributed by atoms with van der Waals surface area (Å²) in [4.78, 5) is 0. The lowest BCUT2D eigenvalue weighted by atomic mass is 9.89. The molecule has 0 radical (unpaired) electrons. The molecular weight excluding hydrogens is 198 g/mol. The lowest BCUT2D eigenvalue weighted by molar-refractivity contribution is 0.305. The van der Waals surface area contributed by atoms with Gasteiger partial charge in [-0.1, -0.05) is 20.8 Å². The van der Waals surface area contributed by atoms with Crippen LogP contribution in [0.5, 0.6) is 0 Å². The number of hydrogen-bond donors (Lipinski definition) is 1. The molecule has 0 aromatic rings. The normalized spacial score (nSPS) is 17.0. The van der Waals surface area contributed by atoms with Crippen LogP contribution in [0.4, 0.5) is 0 Å². The van der Waals surface area contributed by atoms with E-state index in [1.165, 1.54) is 6.26 Å². The first-order chi connectivity index (χ1) is 6.28. The summed E-state index contributed by atoms with van der Waals surface area (Å²) in [5.41, 5.74) is 0. The van der Waals surface area contributed by atoms with E-state index < -0.39 is 9.84 Å². The first-order valence-corrected chi connectivity index (χ1v) is 7.19. The number of hydrogen-bond acceptors (Lipinski definition) is 3. The van der Waals surface area contributed by atoms with Crippen LogP contribution < -0.4 is 5.32 Å². The lowest BCUT2D eigenvalue weighted by Crippen LogP contribution is -2.36. The Morgan fingerprint density at radius 1 is 1.21 bits per heavy atom. The van der Waals surface area contributed by atoms with Crippen molar-refractivity contribution in [3.05, 3.63) is 0 Å². The molecule has 0 heterocycles. The van der Waals surface area contributed by atoms with Gasteiger partial charge in [-0.25, -0.2) is 8.42 Å². The van der Waals surface area contributed by atoms with Crippen LogP contribution >= 0.6 is 0 Å². The van der Waals surface area contributed by atoms with Gasteiger partial charge in [-0.15, -0.1) is 0 Å². The molecule has 4 heteroatoms. The summed E-state index contributed by atoms with van der Waals surface area (Å²) in [5, 5.41) is 3.19. The van der Waals surface area contributed by atoms with Crippen molar-refractivity contribution in [1.82, 2.24) is 5.32 Å². The van der Waals surface area contributed by atoms with Crippen LogP contribution in [0.25, 0.3) is 0 Å². The van der Waals surface area contributed by atoms with Gasteiger partial charge in [0.05, 0.1) is 5.75 Å². The fourth-order valence-corrected chi connectivity index (χ4v) is 2.16. The Kier molecular flexibility index (Phi) is 5.67. The fraction of sp³-hybridized carbons (Fsp3) is 1.00. The Morgan fingerprint density at radius 3 is 2.00 bits per heavy atom. The van der Waals surface area contributed by atoms with Crippen LogP contribution in [-0.4, -0.2) is 33.5 Å². The lowest BCUT2D eigenvalue weighted by Gasteiger charge is -2.26. The summed E-state index contributed by atoms with van der Waals surface area (Å²) in [7, 11) is -0.934. The van der Waals surface area contributed by atoms with Gasteiger partial charge in [-0.2, -0.15) is 0 Å². The summed E-state index contributed by atoms with van der Waals surface area (Å²) in [6.45, 7) is 6.49. The highest BCUT2D eigenvalue weighted by molar-refractivity contribution is 7.90.